The van der Waals surface area contributed by atoms with Crippen molar-refractivity contribution in [3.63, 3.8) is 0 Å². The highest BCUT2D eigenvalue weighted by Crippen LogP contribution is 2.19. The van der Waals surface area contributed by atoms with Gasteiger partial charge in [0.05, 0.1) is 12.2 Å². The molecule has 1 aromatic heterocycles. The molecule has 0 radical (unpaired) electrons. The smallest absolute Gasteiger partial charge is 0.191 e. The number of thioether (sulfide) groups is 1. The molecule has 2 rings (SSSR count). The summed E-state index contributed by atoms with van der Waals surface area (Å²) < 4.78 is 5.30. The van der Waals surface area contributed by atoms with Crippen LogP contribution in [0.2, 0.25) is 5.02 Å². The number of aliphatic imine (C=N–C) groups is 1. The Hall–Kier alpha value is -0.930. The predicted molar refractivity (Wildman–Crippen MR) is 116 cm³/mol. The number of hydrogen-bond acceptors (Lipinski definition) is 4. The zero-order valence-electron chi connectivity index (χ0n) is 14.6. The first-order valence-corrected chi connectivity index (χ1v) is 9.23. The minimum absolute atomic E-state index is 0. The number of hydrogen-bond donors (Lipinski definition) is 2. The molecule has 8 heteroatoms. The van der Waals surface area contributed by atoms with Gasteiger partial charge in [-0.25, -0.2) is 0 Å². The molecule has 1 aromatic carbocycles. The fourth-order valence-electron chi connectivity index (χ4n) is 1.94. The predicted octanol–water partition coefficient (Wildman–Crippen LogP) is 4.53. The normalized spacial score (nSPS) is 11.3. The average Bonchev–Trinajstić information content (AvgIpc) is 3.05. The maximum atomic E-state index is 5.88. The molecule has 0 amide bonds. The van der Waals surface area contributed by atoms with Crippen LogP contribution in [0.25, 0.3) is 0 Å². The Labute approximate surface area is 175 Å². The Kier molecular flexibility index (Phi) is 10.3. The van der Waals surface area contributed by atoms with Crippen molar-refractivity contribution >= 4 is 53.3 Å². The van der Waals surface area contributed by atoms with Gasteiger partial charge >= 0.3 is 0 Å². The highest BCUT2D eigenvalue weighted by Gasteiger charge is 2.08. The number of nitrogens with zero attached hydrogens (tertiary/aromatic N) is 2. The summed E-state index contributed by atoms with van der Waals surface area (Å²) >= 11 is 7.65. The van der Waals surface area contributed by atoms with Crippen LogP contribution in [-0.2, 0) is 6.54 Å². The van der Waals surface area contributed by atoms with E-state index >= 15 is 0 Å². The zero-order chi connectivity index (χ0) is 17.4. The lowest BCUT2D eigenvalue weighted by Gasteiger charge is -2.10. The van der Waals surface area contributed by atoms with Crippen LogP contribution in [-0.4, -0.2) is 30.5 Å². The molecule has 2 N–H and O–H groups in total. The third-order valence-corrected chi connectivity index (χ3v) is 4.56. The van der Waals surface area contributed by atoms with Gasteiger partial charge in [0, 0.05) is 35.3 Å². The summed E-state index contributed by atoms with van der Waals surface area (Å²) in [5.74, 6) is 2.85. The minimum Gasteiger partial charge on any atom is -0.359 e. The van der Waals surface area contributed by atoms with Gasteiger partial charge in [0.2, 0.25) is 0 Å². The molecule has 0 fully saturated rings. The van der Waals surface area contributed by atoms with E-state index in [1.54, 1.807) is 18.8 Å². The van der Waals surface area contributed by atoms with Gasteiger partial charge in [0.25, 0.3) is 0 Å². The maximum Gasteiger partial charge on any atom is 0.191 e. The van der Waals surface area contributed by atoms with Gasteiger partial charge in [-0.3, -0.25) is 4.99 Å². The molecule has 0 saturated carbocycles. The molecule has 2 aromatic rings. The molecule has 25 heavy (non-hydrogen) atoms. The quantitative estimate of drug-likeness (QED) is 0.195. The maximum absolute atomic E-state index is 5.88. The van der Waals surface area contributed by atoms with Crippen molar-refractivity contribution in [1.82, 2.24) is 15.8 Å². The van der Waals surface area contributed by atoms with Crippen molar-refractivity contribution in [3.8, 4) is 0 Å². The molecule has 0 atom stereocenters. The average molecular weight is 495 g/mol. The van der Waals surface area contributed by atoms with E-state index in [9.17, 15) is 0 Å². The van der Waals surface area contributed by atoms with Gasteiger partial charge in [-0.05, 0) is 30.2 Å². The number of nitrogens with one attached hydrogen (secondary N) is 2. The molecular weight excluding hydrogens is 471 g/mol. The van der Waals surface area contributed by atoms with Gasteiger partial charge in [-0.1, -0.05) is 30.6 Å². The second-order valence-electron chi connectivity index (χ2n) is 5.53. The third kappa shape index (κ3) is 7.87. The monoisotopic (exact) mass is 494 g/mol. The second-order valence-corrected chi connectivity index (χ2v) is 7.13. The Morgan fingerprint density at radius 2 is 2.00 bits per heavy atom. The lowest BCUT2D eigenvalue weighted by atomic mass is 10.1. The first kappa shape index (κ1) is 22.1. The molecule has 1 heterocycles. The minimum atomic E-state index is 0. The molecule has 0 aliphatic carbocycles. The van der Waals surface area contributed by atoms with Gasteiger partial charge in [0.15, 0.2) is 11.7 Å². The molecule has 0 bridgehead atoms. The van der Waals surface area contributed by atoms with Gasteiger partial charge in [-0.2, -0.15) is 0 Å². The molecule has 138 valence electrons. The second kappa shape index (κ2) is 11.6. The SMILES string of the molecule is CN=C(NCCSc1ccc(Cl)cc1)NCc1cc(C(C)C)no1.I. The zero-order valence-corrected chi connectivity index (χ0v) is 18.5. The Balaban J connectivity index is 0.00000312. The van der Waals surface area contributed by atoms with E-state index in [1.165, 1.54) is 4.90 Å². The molecular formula is C17H24ClIN4OS. The van der Waals surface area contributed by atoms with Crippen molar-refractivity contribution in [2.45, 2.75) is 31.2 Å². The Bertz CT molecular complexity index is 661. The first-order chi connectivity index (χ1) is 11.6. The molecule has 0 saturated heterocycles. The highest BCUT2D eigenvalue weighted by atomic mass is 127. The Morgan fingerprint density at radius 3 is 2.60 bits per heavy atom. The van der Waals surface area contributed by atoms with Gasteiger partial charge in [0.1, 0.15) is 0 Å². The first-order valence-electron chi connectivity index (χ1n) is 7.87. The third-order valence-electron chi connectivity index (χ3n) is 3.30. The molecule has 0 aliphatic heterocycles. The topological polar surface area (TPSA) is 62.5 Å². The van der Waals surface area contributed by atoms with Crippen LogP contribution in [0.15, 0.2) is 44.7 Å². The van der Waals surface area contributed by atoms with Crippen LogP contribution in [0, 0.1) is 0 Å². The summed E-state index contributed by atoms with van der Waals surface area (Å²) in [6, 6.07) is 9.83. The highest BCUT2D eigenvalue weighted by molar-refractivity contribution is 14.0. The fraction of sp³-hybridized carbons (Fsp3) is 0.412. The number of rotatable bonds is 7. The molecule has 0 spiro atoms. The van der Waals surface area contributed by atoms with E-state index in [-0.39, 0.29) is 24.0 Å². The van der Waals surface area contributed by atoms with E-state index in [2.05, 4.69) is 34.6 Å². The van der Waals surface area contributed by atoms with Crippen molar-refractivity contribution < 1.29 is 4.52 Å². The Morgan fingerprint density at radius 1 is 1.28 bits per heavy atom. The van der Waals surface area contributed by atoms with Crippen molar-refractivity contribution in [3.05, 3.63) is 46.8 Å². The van der Waals surface area contributed by atoms with E-state index in [0.29, 0.717) is 12.5 Å². The van der Waals surface area contributed by atoms with Crippen LogP contribution in [0.3, 0.4) is 0 Å². The van der Waals surface area contributed by atoms with Gasteiger partial charge < -0.3 is 15.2 Å². The summed E-state index contributed by atoms with van der Waals surface area (Å²) in [6.45, 7) is 5.55. The number of halogens is 2. The van der Waals surface area contributed by atoms with Crippen molar-refractivity contribution in [2.75, 3.05) is 19.3 Å². The number of benzene rings is 1. The lowest BCUT2D eigenvalue weighted by molar-refractivity contribution is 0.372. The summed E-state index contributed by atoms with van der Waals surface area (Å²) in [7, 11) is 1.75. The molecule has 5 nitrogen and oxygen atoms in total. The summed E-state index contributed by atoms with van der Waals surface area (Å²) in [5, 5.41) is 11.3. The summed E-state index contributed by atoms with van der Waals surface area (Å²) in [5.41, 5.74) is 0.967. The van der Waals surface area contributed by atoms with Gasteiger partial charge in [-0.15, -0.1) is 35.7 Å². The van der Waals surface area contributed by atoms with Crippen molar-refractivity contribution in [2.24, 2.45) is 4.99 Å². The van der Waals surface area contributed by atoms with Crippen molar-refractivity contribution in [1.29, 1.82) is 0 Å². The van der Waals surface area contributed by atoms with Crippen LogP contribution < -0.4 is 10.6 Å². The van der Waals surface area contributed by atoms with Crippen LogP contribution in [0.5, 0.6) is 0 Å². The molecule has 0 unspecified atom stereocenters. The van der Waals surface area contributed by atoms with E-state index in [1.807, 2.05) is 30.3 Å². The number of aromatic nitrogens is 1. The van der Waals surface area contributed by atoms with Crippen LogP contribution >= 0.6 is 47.3 Å². The van der Waals surface area contributed by atoms with Crippen LogP contribution in [0.1, 0.15) is 31.2 Å². The summed E-state index contributed by atoms with van der Waals surface area (Å²) in [6.07, 6.45) is 0. The number of guanidine groups is 1. The largest absolute Gasteiger partial charge is 0.359 e. The lowest BCUT2D eigenvalue weighted by Crippen LogP contribution is -2.37. The standard InChI is InChI=1S/C17H23ClN4OS.HI/c1-12(2)16-10-14(23-22-16)11-21-17(19-3)20-8-9-24-15-6-4-13(18)5-7-15;/h4-7,10,12H,8-9,11H2,1-3H3,(H2,19,20,21);1H. The summed E-state index contributed by atoms with van der Waals surface area (Å²) in [4.78, 5) is 5.41. The van der Waals surface area contributed by atoms with E-state index < -0.39 is 0 Å². The van der Waals surface area contributed by atoms with E-state index in [0.717, 1.165) is 34.7 Å². The fourth-order valence-corrected chi connectivity index (χ4v) is 2.84. The van der Waals surface area contributed by atoms with Crippen LogP contribution in [0.4, 0.5) is 0 Å². The van der Waals surface area contributed by atoms with E-state index in [4.69, 9.17) is 16.1 Å². The molecule has 0 aliphatic rings.